The van der Waals surface area contributed by atoms with Gasteiger partial charge in [0.1, 0.15) is 0 Å². The molecule has 0 fully saturated rings. The zero-order valence-corrected chi connectivity index (χ0v) is 9.42. The van der Waals surface area contributed by atoms with E-state index in [4.69, 9.17) is 4.52 Å². The predicted octanol–water partition coefficient (Wildman–Crippen LogP) is 0.753. The van der Waals surface area contributed by atoms with E-state index < -0.39 is 0 Å². The summed E-state index contributed by atoms with van der Waals surface area (Å²) in [5.41, 5.74) is 0. The lowest BCUT2D eigenvalue weighted by Crippen LogP contribution is -2.30. The minimum atomic E-state index is 0.304. The van der Waals surface area contributed by atoms with Gasteiger partial charge < -0.3 is 9.84 Å². The van der Waals surface area contributed by atoms with E-state index >= 15 is 0 Å². The molecule has 0 unspecified atom stereocenters. The van der Waals surface area contributed by atoms with E-state index in [1.54, 1.807) is 13.1 Å². The Morgan fingerprint density at radius 3 is 3.06 bits per heavy atom. The Morgan fingerprint density at radius 1 is 1.56 bits per heavy atom. The van der Waals surface area contributed by atoms with Crippen LogP contribution in [-0.4, -0.2) is 26.0 Å². The van der Waals surface area contributed by atoms with Crippen LogP contribution in [0.25, 0.3) is 0 Å². The van der Waals surface area contributed by atoms with Gasteiger partial charge in [0, 0.05) is 25.4 Å². The summed E-state index contributed by atoms with van der Waals surface area (Å²) >= 11 is 0. The Hall–Kier alpha value is -1.69. The molecule has 86 valence electrons. The average Bonchev–Trinajstić information content (AvgIpc) is 2.87. The molecule has 0 aliphatic carbocycles. The number of aryl methyl sites for hydroxylation is 1. The maximum Gasteiger partial charge on any atom is 0.223 e. The van der Waals surface area contributed by atoms with E-state index in [0.717, 1.165) is 6.54 Å². The second-order valence-corrected chi connectivity index (χ2v) is 3.74. The molecule has 0 aliphatic rings. The highest BCUT2D eigenvalue weighted by Gasteiger charge is 2.06. The third-order valence-electron chi connectivity index (χ3n) is 2.20. The highest BCUT2D eigenvalue weighted by Crippen LogP contribution is 1.96. The summed E-state index contributed by atoms with van der Waals surface area (Å²) in [6, 6.07) is 2.22. The van der Waals surface area contributed by atoms with E-state index in [2.05, 4.69) is 27.5 Å². The van der Waals surface area contributed by atoms with Crippen molar-refractivity contribution in [3.63, 3.8) is 0 Å². The molecule has 2 heterocycles. The van der Waals surface area contributed by atoms with Crippen LogP contribution in [0.1, 0.15) is 18.6 Å². The van der Waals surface area contributed by atoms with Crippen molar-refractivity contribution in [1.82, 2.24) is 25.2 Å². The van der Waals surface area contributed by atoms with Gasteiger partial charge >= 0.3 is 0 Å². The Morgan fingerprint density at radius 2 is 2.44 bits per heavy atom. The van der Waals surface area contributed by atoms with Crippen molar-refractivity contribution in [1.29, 1.82) is 0 Å². The third-order valence-corrected chi connectivity index (χ3v) is 2.20. The maximum absolute atomic E-state index is 4.88. The second kappa shape index (κ2) is 4.89. The number of rotatable bonds is 5. The molecular formula is C10H15N5O. The van der Waals surface area contributed by atoms with E-state index in [0.29, 0.717) is 24.3 Å². The van der Waals surface area contributed by atoms with Crippen molar-refractivity contribution in [3.05, 3.63) is 30.2 Å². The highest BCUT2D eigenvalue weighted by molar-refractivity contribution is 4.84. The lowest BCUT2D eigenvalue weighted by molar-refractivity contribution is 0.380. The minimum absolute atomic E-state index is 0.304. The van der Waals surface area contributed by atoms with Gasteiger partial charge in [-0.25, -0.2) is 0 Å². The summed E-state index contributed by atoms with van der Waals surface area (Å²) in [5, 5.41) is 11.3. The molecule has 16 heavy (non-hydrogen) atoms. The van der Waals surface area contributed by atoms with Crippen LogP contribution in [0.2, 0.25) is 0 Å². The molecule has 0 aromatic carbocycles. The standard InChI is InChI=1S/C10H15N5O/c1-8(7-15-5-3-4-12-15)11-6-10-13-9(2)16-14-10/h3-5,8,11H,6-7H2,1-2H3/t8-/m0/s1. The van der Waals surface area contributed by atoms with Crippen LogP contribution >= 0.6 is 0 Å². The van der Waals surface area contributed by atoms with Crippen LogP contribution in [0.5, 0.6) is 0 Å². The van der Waals surface area contributed by atoms with Gasteiger partial charge in [0.2, 0.25) is 5.89 Å². The largest absolute Gasteiger partial charge is 0.340 e. The van der Waals surface area contributed by atoms with Crippen LogP contribution in [0.3, 0.4) is 0 Å². The van der Waals surface area contributed by atoms with Crippen LogP contribution < -0.4 is 5.32 Å². The SMILES string of the molecule is Cc1nc(CN[C@@H](C)Cn2cccn2)no1. The van der Waals surface area contributed by atoms with Crippen LogP contribution in [0.4, 0.5) is 0 Å². The van der Waals surface area contributed by atoms with Crippen LogP contribution in [0, 0.1) is 6.92 Å². The van der Waals surface area contributed by atoms with Crippen molar-refractivity contribution in [2.75, 3.05) is 0 Å². The molecule has 1 N–H and O–H groups in total. The van der Waals surface area contributed by atoms with Crippen LogP contribution in [0.15, 0.2) is 23.0 Å². The van der Waals surface area contributed by atoms with Crippen molar-refractivity contribution >= 4 is 0 Å². The first-order valence-electron chi connectivity index (χ1n) is 5.24. The van der Waals surface area contributed by atoms with Gasteiger partial charge in [-0.1, -0.05) is 5.16 Å². The Labute approximate surface area is 93.7 Å². The predicted molar refractivity (Wildman–Crippen MR) is 57.6 cm³/mol. The topological polar surface area (TPSA) is 68.8 Å². The summed E-state index contributed by atoms with van der Waals surface area (Å²) in [4.78, 5) is 4.12. The normalized spacial score (nSPS) is 12.9. The second-order valence-electron chi connectivity index (χ2n) is 3.74. The quantitative estimate of drug-likeness (QED) is 0.807. The molecule has 2 aromatic heterocycles. The molecule has 0 saturated heterocycles. The van der Waals surface area contributed by atoms with Gasteiger partial charge in [0.15, 0.2) is 5.82 Å². The number of nitrogens with one attached hydrogen (secondary N) is 1. The molecule has 0 spiro atoms. The lowest BCUT2D eigenvalue weighted by Gasteiger charge is -2.11. The molecule has 1 atom stereocenters. The molecule has 2 rings (SSSR count). The van der Waals surface area contributed by atoms with Gasteiger partial charge in [-0.15, -0.1) is 0 Å². The summed E-state index contributed by atoms with van der Waals surface area (Å²) in [7, 11) is 0. The molecule has 0 aliphatic heterocycles. The van der Waals surface area contributed by atoms with Gasteiger partial charge in [-0.2, -0.15) is 10.1 Å². The van der Waals surface area contributed by atoms with Crippen LogP contribution in [-0.2, 0) is 13.1 Å². The average molecular weight is 221 g/mol. The molecule has 0 radical (unpaired) electrons. The fraction of sp³-hybridized carbons (Fsp3) is 0.500. The monoisotopic (exact) mass is 221 g/mol. The third kappa shape index (κ3) is 2.90. The molecule has 2 aromatic rings. The van der Waals surface area contributed by atoms with Crippen molar-refractivity contribution in [2.45, 2.75) is 33.0 Å². The van der Waals surface area contributed by atoms with Gasteiger partial charge in [-0.3, -0.25) is 4.68 Å². The fourth-order valence-electron chi connectivity index (χ4n) is 1.43. The molecule has 6 nitrogen and oxygen atoms in total. The van der Waals surface area contributed by atoms with E-state index in [-0.39, 0.29) is 0 Å². The lowest BCUT2D eigenvalue weighted by atomic mass is 10.3. The smallest absolute Gasteiger partial charge is 0.223 e. The number of hydrogen-bond donors (Lipinski definition) is 1. The maximum atomic E-state index is 4.88. The first-order valence-corrected chi connectivity index (χ1v) is 5.24. The van der Waals surface area contributed by atoms with Gasteiger partial charge in [-0.05, 0) is 13.0 Å². The van der Waals surface area contributed by atoms with Gasteiger partial charge in [0.05, 0.1) is 13.1 Å². The Balaban J connectivity index is 1.77. The molecule has 0 amide bonds. The molecule has 6 heteroatoms. The Kier molecular flexibility index (Phi) is 3.31. The molecular weight excluding hydrogens is 206 g/mol. The van der Waals surface area contributed by atoms with Crippen molar-refractivity contribution in [3.8, 4) is 0 Å². The summed E-state index contributed by atoms with van der Waals surface area (Å²) in [6.07, 6.45) is 3.71. The molecule has 0 bridgehead atoms. The fourth-order valence-corrected chi connectivity index (χ4v) is 1.43. The van der Waals surface area contributed by atoms with E-state index in [1.165, 1.54) is 0 Å². The summed E-state index contributed by atoms with van der Waals surface area (Å²) in [6.45, 7) is 5.31. The Bertz CT molecular complexity index is 422. The number of hydrogen-bond acceptors (Lipinski definition) is 5. The minimum Gasteiger partial charge on any atom is -0.340 e. The number of nitrogens with zero attached hydrogens (tertiary/aromatic N) is 4. The van der Waals surface area contributed by atoms with Crippen molar-refractivity contribution in [2.24, 2.45) is 0 Å². The zero-order chi connectivity index (χ0) is 11.4. The first-order chi connectivity index (χ1) is 7.74. The first kappa shape index (κ1) is 10.8. The van der Waals surface area contributed by atoms with Crippen molar-refractivity contribution < 1.29 is 4.52 Å². The summed E-state index contributed by atoms with van der Waals surface area (Å²) in [5.74, 6) is 1.28. The highest BCUT2D eigenvalue weighted by atomic mass is 16.5. The van der Waals surface area contributed by atoms with Gasteiger partial charge in [0.25, 0.3) is 0 Å². The molecule has 0 saturated carbocycles. The number of aromatic nitrogens is 4. The van der Waals surface area contributed by atoms with E-state index in [1.807, 2.05) is 16.9 Å². The van der Waals surface area contributed by atoms with E-state index in [9.17, 15) is 0 Å². The zero-order valence-electron chi connectivity index (χ0n) is 9.42. The summed E-state index contributed by atoms with van der Waals surface area (Å²) < 4.78 is 6.77.